The van der Waals surface area contributed by atoms with Gasteiger partial charge >= 0.3 is 0 Å². The van der Waals surface area contributed by atoms with Crippen LogP contribution in [0.3, 0.4) is 0 Å². The Kier molecular flexibility index (Phi) is 5.48. The highest BCUT2D eigenvalue weighted by atomic mass is 16.7. The molecule has 0 saturated carbocycles. The maximum absolute atomic E-state index is 13.7. The van der Waals surface area contributed by atoms with Crippen LogP contribution in [0.15, 0.2) is 48.2 Å². The lowest BCUT2D eigenvalue weighted by Gasteiger charge is -2.37. The van der Waals surface area contributed by atoms with Crippen LogP contribution in [0.5, 0.6) is 17.2 Å². The van der Waals surface area contributed by atoms with Crippen LogP contribution in [0.4, 0.5) is 0 Å². The Morgan fingerprint density at radius 1 is 0.939 bits per heavy atom. The summed E-state index contributed by atoms with van der Waals surface area (Å²) in [7, 11) is 1.60. The van der Waals surface area contributed by atoms with Crippen molar-refractivity contribution in [3.63, 3.8) is 0 Å². The van der Waals surface area contributed by atoms with Crippen LogP contribution < -0.4 is 14.2 Å². The van der Waals surface area contributed by atoms with E-state index in [9.17, 15) is 9.59 Å². The Balaban J connectivity index is 1.51. The first kappa shape index (κ1) is 21.4. The molecule has 3 aliphatic rings. The third-order valence-electron chi connectivity index (χ3n) is 6.48. The molecule has 3 aliphatic heterocycles. The van der Waals surface area contributed by atoms with E-state index < -0.39 is 0 Å². The van der Waals surface area contributed by atoms with Gasteiger partial charge in [0.2, 0.25) is 6.79 Å². The lowest BCUT2D eigenvalue weighted by molar-refractivity contribution is -0.138. The highest BCUT2D eigenvalue weighted by Gasteiger charge is 2.43. The van der Waals surface area contributed by atoms with Crippen LogP contribution >= 0.6 is 0 Å². The number of hydrogen-bond acceptors (Lipinski definition) is 6. The van der Waals surface area contributed by atoms with Gasteiger partial charge in [-0.1, -0.05) is 32.0 Å². The Morgan fingerprint density at radius 2 is 1.64 bits per heavy atom. The maximum Gasteiger partial charge on any atom is 0.278 e. The molecule has 0 radical (unpaired) electrons. The number of methoxy groups -OCH3 is 1. The van der Waals surface area contributed by atoms with Crippen molar-refractivity contribution in [2.75, 3.05) is 27.0 Å². The van der Waals surface area contributed by atoms with Crippen LogP contribution in [0.1, 0.15) is 31.4 Å². The quantitative estimate of drug-likeness (QED) is 0.650. The summed E-state index contributed by atoms with van der Waals surface area (Å²) in [5.74, 6) is 2.39. The molecule has 5 rings (SSSR count). The van der Waals surface area contributed by atoms with Crippen molar-refractivity contribution in [1.29, 1.82) is 0 Å². The number of likely N-dealkylation sites (tertiary alicyclic amines) is 1. The molecule has 0 bridgehead atoms. The maximum atomic E-state index is 13.7. The van der Waals surface area contributed by atoms with Gasteiger partial charge in [-0.15, -0.1) is 0 Å². The highest BCUT2D eigenvalue weighted by molar-refractivity contribution is 6.35. The number of ether oxygens (including phenoxy) is 3. The van der Waals surface area contributed by atoms with Gasteiger partial charge in [0.25, 0.3) is 11.8 Å². The molecule has 1 saturated heterocycles. The molecule has 33 heavy (non-hydrogen) atoms. The van der Waals surface area contributed by atoms with Gasteiger partial charge in [-0.05, 0) is 53.6 Å². The molecular formula is C26H28N2O5. The minimum atomic E-state index is -0.274. The average Bonchev–Trinajstić information content (AvgIpc) is 3.36. The van der Waals surface area contributed by atoms with Crippen molar-refractivity contribution < 1.29 is 23.8 Å². The van der Waals surface area contributed by atoms with Crippen LogP contribution in [0, 0.1) is 11.8 Å². The van der Waals surface area contributed by atoms with E-state index in [4.69, 9.17) is 14.2 Å². The minimum absolute atomic E-state index is 0.177. The molecule has 0 spiro atoms. The lowest BCUT2D eigenvalue weighted by Crippen LogP contribution is -2.41. The summed E-state index contributed by atoms with van der Waals surface area (Å²) in [4.78, 5) is 30.8. The Hall–Kier alpha value is -3.48. The number of fused-ring (bicyclic) bond motifs is 1. The zero-order valence-electron chi connectivity index (χ0n) is 19.2. The first-order valence-corrected chi connectivity index (χ1v) is 11.3. The fourth-order valence-electron chi connectivity index (χ4n) is 5.09. The average molecular weight is 449 g/mol. The van der Waals surface area contributed by atoms with E-state index in [0.29, 0.717) is 40.4 Å². The van der Waals surface area contributed by atoms with Crippen LogP contribution in [0.25, 0.3) is 5.57 Å². The van der Waals surface area contributed by atoms with Gasteiger partial charge in [0.05, 0.1) is 19.2 Å². The van der Waals surface area contributed by atoms with E-state index in [0.717, 1.165) is 30.6 Å². The van der Waals surface area contributed by atoms with Crippen molar-refractivity contribution in [3.8, 4) is 17.2 Å². The molecule has 7 heteroatoms. The molecule has 1 fully saturated rings. The third kappa shape index (κ3) is 3.92. The molecule has 0 aromatic heterocycles. The number of benzene rings is 2. The van der Waals surface area contributed by atoms with Gasteiger partial charge in [-0.2, -0.15) is 0 Å². The van der Waals surface area contributed by atoms with Gasteiger partial charge < -0.3 is 19.1 Å². The van der Waals surface area contributed by atoms with Crippen molar-refractivity contribution in [2.45, 2.75) is 26.8 Å². The van der Waals surface area contributed by atoms with E-state index in [1.165, 1.54) is 4.90 Å². The largest absolute Gasteiger partial charge is 0.497 e. The summed E-state index contributed by atoms with van der Waals surface area (Å²) in [5, 5.41) is 0. The number of rotatable bonds is 5. The fourth-order valence-corrected chi connectivity index (χ4v) is 5.09. The summed E-state index contributed by atoms with van der Waals surface area (Å²) in [5.41, 5.74) is 2.51. The van der Waals surface area contributed by atoms with E-state index in [-0.39, 0.29) is 25.2 Å². The zero-order valence-corrected chi connectivity index (χ0v) is 19.2. The molecule has 2 atom stereocenters. The third-order valence-corrected chi connectivity index (χ3v) is 6.48. The second-order valence-corrected chi connectivity index (χ2v) is 9.19. The normalized spacial score (nSPS) is 22.4. The summed E-state index contributed by atoms with van der Waals surface area (Å²) < 4.78 is 16.1. The molecule has 172 valence electrons. The summed E-state index contributed by atoms with van der Waals surface area (Å²) >= 11 is 0. The number of nitrogens with zero attached hydrogens (tertiary/aromatic N) is 2. The number of carbonyl (C=O) groups excluding carboxylic acids is 2. The fraction of sp³-hybridized carbons (Fsp3) is 0.385. The molecule has 3 heterocycles. The summed E-state index contributed by atoms with van der Waals surface area (Å²) in [6.07, 6.45) is 1.12. The number of piperidine rings is 1. The minimum Gasteiger partial charge on any atom is -0.497 e. The molecule has 2 unspecified atom stereocenters. The van der Waals surface area contributed by atoms with E-state index in [2.05, 4.69) is 18.7 Å². The monoisotopic (exact) mass is 448 g/mol. The number of amides is 2. The Bertz CT molecular complexity index is 1110. The number of hydrogen-bond donors (Lipinski definition) is 0. The smallest absolute Gasteiger partial charge is 0.278 e. The van der Waals surface area contributed by atoms with E-state index in [1.807, 2.05) is 42.5 Å². The topological polar surface area (TPSA) is 68.3 Å². The lowest BCUT2D eigenvalue weighted by atomic mass is 9.91. The highest BCUT2D eigenvalue weighted by Crippen LogP contribution is 2.37. The van der Waals surface area contributed by atoms with Crippen molar-refractivity contribution in [1.82, 2.24) is 9.80 Å². The number of imide groups is 1. The van der Waals surface area contributed by atoms with Crippen molar-refractivity contribution in [3.05, 3.63) is 59.3 Å². The standard InChI is InChI=1S/C26H28N2O5/c1-16-10-17(2)13-27(12-16)24-23(19-5-7-20(31-3)8-6-19)25(29)28(26(24)30)14-18-4-9-21-22(11-18)33-15-32-21/h4-9,11,16-17H,10,12-15H2,1-3H3. The van der Waals surface area contributed by atoms with Gasteiger partial charge in [0, 0.05) is 13.1 Å². The predicted molar refractivity (Wildman–Crippen MR) is 123 cm³/mol. The molecule has 2 aromatic carbocycles. The van der Waals surface area contributed by atoms with Gasteiger partial charge in [0.1, 0.15) is 11.4 Å². The Morgan fingerprint density at radius 3 is 2.33 bits per heavy atom. The molecule has 0 aliphatic carbocycles. The van der Waals surface area contributed by atoms with Crippen LogP contribution in [-0.2, 0) is 16.1 Å². The van der Waals surface area contributed by atoms with Crippen LogP contribution in [-0.4, -0.2) is 48.6 Å². The first-order valence-electron chi connectivity index (χ1n) is 11.3. The van der Waals surface area contributed by atoms with E-state index >= 15 is 0 Å². The second kappa shape index (κ2) is 8.46. The predicted octanol–water partition coefficient (Wildman–Crippen LogP) is 3.68. The van der Waals surface area contributed by atoms with Crippen molar-refractivity contribution in [2.24, 2.45) is 11.8 Å². The van der Waals surface area contributed by atoms with Crippen molar-refractivity contribution >= 4 is 17.4 Å². The SMILES string of the molecule is COc1ccc(C2=C(N3CC(C)CC(C)C3)C(=O)N(Cc3ccc4c(c3)OCO4)C2=O)cc1. The first-order chi connectivity index (χ1) is 15.9. The van der Waals surface area contributed by atoms with Gasteiger partial charge in [0.15, 0.2) is 11.5 Å². The Labute approximate surface area is 193 Å². The van der Waals surface area contributed by atoms with Gasteiger partial charge in [-0.25, -0.2) is 0 Å². The molecule has 2 aromatic rings. The molecular weight excluding hydrogens is 420 g/mol. The molecule has 2 amide bonds. The van der Waals surface area contributed by atoms with E-state index in [1.54, 1.807) is 7.11 Å². The molecule has 0 N–H and O–H groups in total. The van der Waals surface area contributed by atoms with Crippen LogP contribution in [0.2, 0.25) is 0 Å². The molecule has 7 nitrogen and oxygen atoms in total. The summed E-state index contributed by atoms with van der Waals surface area (Å²) in [6.45, 7) is 6.27. The summed E-state index contributed by atoms with van der Waals surface area (Å²) in [6, 6.07) is 12.8. The zero-order chi connectivity index (χ0) is 23.1. The second-order valence-electron chi connectivity index (χ2n) is 9.19. The number of carbonyl (C=O) groups is 2. The van der Waals surface area contributed by atoms with Gasteiger partial charge in [-0.3, -0.25) is 14.5 Å².